The molecule has 2 aromatic rings. The van der Waals surface area contributed by atoms with Gasteiger partial charge in [-0.25, -0.2) is 0 Å². The molecule has 0 spiro atoms. The molecule has 3 rings (SSSR count). The standard InChI is InChI=1S/C18H21NO2/c1-18(21)9-4-10-19(13-18)17(20)12-14-7-8-15-5-2-3-6-16(15)11-14/h2-3,5-8,11,21H,4,9-10,12-13H2,1H3. The number of aliphatic hydroxyl groups is 1. The highest BCUT2D eigenvalue weighted by Crippen LogP contribution is 2.22. The van der Waals surface area contributed by atoms with Crippen LogP contribution in [-0.2, 0) is 11.2 Å². The molecule has 0 aromatic heterocycles. The fourth-order valence-electron chi connectivity index (χ4n) is 3.07. The minimum atomic E-state index is -0.739. The summed E-state index contributed by atoms with van der Waals surface area (Å²) in [6, 6.07) is 14.3. The number of amides is 1. The maximum atomic E-state index is 12.4. The van der Waals surface area contributed by atoms with Crippen LogP contribution in [0.15, 0.2) is 42.5 Å². The highest BCUT2D eigenvalue weighted by atomic mass is 16.3. The van der Waals surface area contributed by atoms with Crippen molar-refractivity contribution < 1.29 is 9.90 Å². The van der Waals surface area contributed by atoms with E-state index in [4.69, 9.17) is 0 Å². The van der Waals surface area contributed by atoms with Gasteiger partial charge in [0.15, 0.2) is 0 Å². The number of benzene rings is 2. The Morgan fingerprint density at radius 2 is 2.00 bits per heavy atom. The fraction of sp³-hybridized carbons (Fsp3) is 0.389. The zero-order valence-corrected chi connectivity index (χ0v) is 12.4. The quantitative estimate of drug-likeness (QED) is 0.920. The summed E-state index contributed by atoms with van der Waals surface area (Å²) in [6.45, 7) is 3.00. The topological polar surface area (TPSA) is 40.5 Å². The SMILES string of the molecule is CC1(O)CCCN(C(=O)Cc2ccc3ccccc3c2)C1. The van der Waals surface area contributed by atoms with E-state index in [0.717, 1.165) is 30.3 Å². The van der Waals surface area contributed by atoms with E-state index in [0.29, 0.717) is 13.0 Å². The third-order valence-corrected chi connectivity index (χ3v) is 4.20. The Bertz CT molecular complexity index is 663. The monoisotopic (exact) mass is 283 g/mol. The summed E-state index contributed by atoms with van der Waals surface area (Å²) in [6.07, 6.45) is 2.05. The van der Waals surface area contributed by atoms with Crippen molar-refractivity contribution in [1.82, 2.24) is 4.90 Å². The van der Waals surface area contributed by atoms with Gasteiger partial charge in [0.2, 0.25) is 5.91 Å². The van der Waals surface area contributed by atoms with Gasteiger partial charge in [0.25, 0.3) is 0 Å². The third-order valence-electron chi connectivity index (χ3n) is 4.20. The zero-order chi connectivity index (χ0) is 14.9. The zero-order valence-electron chi connectivity index (χ0n) is 12.4. The maximum Gasteiger partial charge on any atom is 0.227 e. The van der Waals surface area contributed by atoms with Crippen LogP contribution in [0.1, 0.15) is 25.3 Å². The number of carbonyl (C=O) groups is 1. The molecule has 1 aliphatic heterocycles. The molecule has 110 valence electrons. The predicted molar refractivity (Wildman–Crippen MR) is 84.1 cm³/mol. The summed E-state index contributed by atoms with van der Waals surface area (Å²) < 4.78 is 0. The van der Waals surface area contributed by atoms with Crippen molar-refractivity contribution in [2.75, 3.05) is 13.1 Å². The van der Waals surface area contributed by atoms with Crippen molar-refractivity contribution in [3.05, 3.63) is 48.0 Å². The number of carbonyl (C=O) groups excluding carboxylic acids is 1. The van der Waals surface area contributed by atoms with Crippen LogP contribution in [0, 0.1) is 0 Å². The highest BCUT2D eigenvalue weighted by Gasteiger charge is 2.30. The molecule has 1 heterocycles. The summed E-state index contributed by atoms with van der Waals surface area (Å²) in [7, 11) is 0. The second kappa shape index (κ2) is 5.49. The van der Waals surface area contributed by atoms with Gasteiger partial charge in [-0.15, -0.1) is 0 Å². The van der Waals surface area contributed by atoms with E-state index in [-0.39, 0.29) is 5.91 Å². The van der Waals surface area contributed by atoms with Crippen LogP contribution in [0.5, 0.6) is 0 Å². The van der Waals surface area contributed by atoms with E-state index >= 15 is 0 Å². The van der Waals surface area contributed by atoms with Crippen molar-refractivity contribution in [2.45, 2.75) is 31.8 Å². The van der Waals surface area contributed by atoms with E-state index in [1.807, 2.05) is 25.1 Å². The minimum Gasteiger partial charge on any atom is -0.388 e. The lowest BCUT2D eigenvalue weighted by Crippen LogP contribution is -2.49. The lowest BCUT2D eigenvalue weighted by Gasteiger charge is -2.36. The van der Waals surface area contributed by atoms with E-state index in [1.54, 1.807) is 4.90 Å². The maximum absolute atomic E-state index is 12.4. The van der Waals surface area contributed by atoms with Crippen LogP contribution in [0.3, 0.4) is 0 Å². The van der Waals surface area contributed by atoms with Gasteiger partial charge in [-0.1, -0.05) is 42.5 Å². The van der Waals surface area contributed by atoms with Crippen LogP contribution >= 0.6 is 0 Å². The van der Waals surface area contributed by atoms with E-state index in [9.17, 15) is 9.90 Å². The smallest absolute Gasteiger partial charge is 0.227 e. The van der Waals surface area contributed by atoms with Gasteiger partial charge in [-0.3, -0.25) is 4.79 Å². The molecule has 21 heavy (non-hydrogen) atoms. The molecule has 1 amide bonds. The molecular formula is C18H21NO2. The average molecular weight is 283 g/mol. The van der Waals surface area contributed by atoms with Crippen LogP contribution in [0.4, 0.5) is 0 Å². The number of hydrogen-bond acceptors (Lipinski definition) is 2. The number of rotatable bonds is 2. The van der Waals surface area contributed by atoms with Crippen LogP contribution in [0.25, 0.3) is 10.8 Å². The number of nitrogens with zero attached hydrogens (tertiary/aromatic N) is 1. The van der Waals surface area contributed by atoms with Crippen molar-refractivity contribution in [1.29, 1.82) is 0 Å². The fourth-order valence-corrected chi connectivity index (χ4v) is 3.07. The Morgan fingerprint density at radius 3 is 2.76 bits per heavy atom. The first-order chi connectivity index (χ1) is 10.0. The third kappa shape index (κ3) is 3.24. The molecule has 0 saturated carbocycles. The molecule has 0 radical (unpaired) electrons. The summed E-state index contributed by atoms with van der Waals surface area (Å²) in [5.41, 5.74) is 0.293. The first kappa shape index (κ1) is 14.1. The first-order valence-corrected chi connectivity index (χ1v) is 7.51. The Labute approximate surface area is 125 Å². The second-order valence-corrected chi connectivity index (χ2v) is 6.27. The summed E-state index contributed by atoms with van der Waals surface area (Å²) in [5, 5.41) is 12.5. The van der Waals surface area contributed by atoms with Crippen molar-refractivity contribution >= 4 is 16.7 Å². The number of β-amino-alcohol motifs (C(OH)–C–C–N with tert-alkyl or cyclic N) is 1. The number of piperidine rings is 1. The van der Waals surface area contributed by atoms with Gasteiger partial charge in [0.05, 0.1) is 12.0 Å². The molecule has 1 aliphatic rings. The summed E-state index contributed by atoms with van der Waals surface area (Å²) >= 11 is 0. The minimum absolute atomic E-state index is 0.102. The van der Waals surface area contributed by atoms with Crippen LogP contribution in [-0.4, -0.2) is 34.6 Å². The van der Waals surface area contributed by atoms with Gasteiger partial charge in [-0.2, -0.15) is 0 Å². The van der Waals surface area contributed by atoms with Gasteiger partial charge < -0.3 is 10.0 Å². The number of hydrogen-bond donors (Lipinski definition) is 1. The molecule has 1 saturated heterocycles. The number of likely N-dealkylation sites (tertiary alicyclic amines) is 1. The van der Waals surface area contributed by atoms with Crippen molar-refractivity contribution in [2.24, 2.45) is 0 Å². The Morgan fingerprint density at radius 1 is 1.24 bits per heavy atom. The number of fused-ring (bicyclic) bond motifs is 1. The lowest BCUT2D eigenvalue weighted by atomic mass is 9.94. The molecule has 1 fully saturated rings. The lowest BCUT2D eigenvalue weighted by molar-refractivity contribution is -0.136. The van der Waals surface area contributed by atoms with Gasteiger partial charge in [0, 0.05) is 13.1 Å². The largest absolute Gasteiger partial charge is 0.388 e. The molecule has 3 nitrogen and oxygen atoms in total. The molecule has 0 bridgehead atoms. The van der Waals surface area contributed by atoms with Crippen molar-refractivity contribution in [3.8, 4) is 0 Å². The Kier molecular flexibility index (Phi) is 3.68. The van der Waals surface area contributed by atoms with Crippen LogP contribution < -0.4 is 0 Å². The van der Waals surface area contributed by atoms with E-state index in [1.165, 1.54) is 5.39 Å². The normalized spacial score (nSPS) is 22.5. The molecule has 1 unspecified atom stereocenters. The van der Waals surface area contributed by atoms with Gasteiger partial charge in [-0.05, 0) is 36.1 Å². The molecule has 2 aromatic carbocycles. The summed E-state index contributed by atoms with van der Waals surface area (Å²) in [5.74, 6) is 0.102. The second-order valence-electron chi connectivity index (χ2n) is 6.27. The van der Waals surface area contributed by atoms with Crippen molar-refractivity contribution in [3.63, 3.8) is 0 Å². The molecule has 0 aliphatic carbocycles. The van der Waals surface area contributed by atoms with E-state index < -0.39 is 5.60 Å². The molecular weight excluding hydrogens is 262 g/mol. The van der Waals surface area contributed by atoms with E-state index in [2.05, 4.69) is 24.3 Å². The highest BCUT2D eigenvalue weighted by molar-refractivity contribution is 5.85. The average Bonchev–Trinajstić information content (AvgIpc) is 2.46. The molecule has 1 N–H and O–H groups in total. The van der Waals surface area contributed by atoms with Gasteiger partial charge in [0.1, 0.15) is 0 Å². The Balaban J connectivity index is 1.74. The Hall–Kier alpha value is -1.87. The molecule has 1 atom stereocenters. The van der Waals surface area contributed by atoms with Crippen LogP contribution in [0.2, 0.25) is 0 Å². The molecule has 3 heteroatoms. The summed E-state index contributed by atoms with van der Waals surface area (Å²) in [4.78, 5) is 14.2. The van der Waals surface area contributed by atoms with Gasteiger partial charge >= 0.3 is 0 Å². The predicted octanol–water partition coefficient (Wildman–Crippen LogP) is 2.76. The first-order valence-electron chi connectivity index (χ1n) is 7.51.